The Hall–Kier alpha value is -3.69. The van der Waals surface area contributed by atoms with E-state index in [1.54, 1.807) is 67.6 Å². The number of hydrogen-bond donors (Lipinski definition) is 0. The second-order valence-corrected chi connectivity index (χ2v) is 9.67. The van der Waals surface area contributed by atoms with Crippen LogP contribution >= 0.6 is 0 Å². The highest BCUT2D eigenvalue weighted by atomic mass is 32.2. The molecular formula is C25H25N3O5S. The number of ether oxygens (including phenoxy) is 2. The van der Waals surface area contributed by atoms with E-state index in [0.717, 1.165) is 0 Å². The molecule has 8 nitrogen and oxygen atoms in total. The van der Waals surface area contributed by atoms with E-state index in [4.69, 9.17) is 14.5 Å². The first-order valence-electron chi connectivity index (χ1n) is 10.6. The van der Waals surface area contributed by atoms with Gasteiger partial charge in [0.25, 0.3) is 5.56 Å². The highest BCUT2D eigenvalue weighted by Crippen LogP contribution is 2.30. The molecule has 0 fully saturated rings. The number of nitrogens with zero attached hydrogens (tertiary/aromatic N) is 3. The molecule has 34 heavy (non-hydrogen) atoms. The summed E-state index contributed by atoms with van der Waals surface area (Å²) in [5.41, 5.74) is 0.647. The average molecular weight is 480 g/mol. The van der Waals surface area contributed by atoms with Gasteiger partial charge < -0.3 is 9.47 Å². The minimum atomic E-state index is -3.90. The van der Waals surface area contributed by atoms with Crippen LogP contribution < -0.4 is 15.0 Å². The van der Waals surface area contributed by atoms with E-state index in [2.05, 4.69) is 0 Å². The maximum absolute atomic E-state index is 13.6. The van der Waals surface area contributed by atoms with Crippen LogP contribution in [0.3, 0.4) is 0 Å². The Kier molecular flexibility index (Phi) is 6.41. The van der Waals surface area contributed by atoms with Gasteiger partial charge in [-0.1, -0.05) is 24.3 Å². The summed E-state index contributed by atoms with van der Waals surface area (Å²) < 4.78 is 40.1. The first-order chi connectivity index (χ1) is 16.3. The Morgan fingerprint density at radius 1 is 0.912 bits per heavy atom. The summed E-state index contributed by atoms with van der Waals surface area (Å²) in [6.45, 7) is 1.70. The minimum absolute atomic E-state index is 0.106. The van der Waals surface area contributed by atoms with Gasteiger partial charge in [-0.15, -0.1) is 0 Å². The number of benzene rings is 3. The number of aromatic nitrogens is 2. The van der Waals surface area contributed by atoms with Crippen molar-refractivity contribution in [1.29, 1.82) is 0 Å². The molecule has 0 saturated heterocycles. The lowest BCUT2D eigenvalue weighted by Gasteiger charge is -2.27. The number of fused-ring (bicyclic) bond motifs is 1. The normalized spacial score (nSPS) is 12.6. The quantitative estimate of drug-likeness (QED) is 0.401. The van der Waals surface area contributed by atoms with Crippen LogP contribution in [0.15, 0.2) is 82.5 Å². The molecule has 1 atom stereocenters. The zero-order valence-corrected chi connectivity index (χ0v) is 20.1. The molecule has 0 aliphatic heterocycles. The van der Waals surface area contributed by atoms with E-state index in [1.807, 2.05) is 0 Å². The van der Waals surface area contributed by atoms with E-state index in [-0.39, 0.29) is 16.3 Å². The zero-order valence-electron chi connectivity index (χ0n) is 19.3. The smallest absolute Gasteiger partial charge is 0.266 e. The van der Waals surface area contributed by atoms with Crippen molar-refractivity contribution in [2.45, 2.75) is 17.9 Å². The summed E-state index contributed by atoms with van der Waals surface area (Å²) in [7, 11) is 0.599. The lowest BCUT2D eigenvalue weighted by atomic mass is 10.2. The van der Waals surface area contributed by atoms with Gasteiger partial charge in [-0.3, -0.25) is 9.36 Å². The minimum Gasteiger partial charge on any atom is -0.497 e. The Labute approximate surface area is 198 Å². The SMILES string of the molecule is COc1ccc(S(=O)(=O)N(C)C(C)c2nc3ccccc3c(=O)n2-c2ccccc2OC)cc1. The molecule has 0 radical (unpaired) electrons. The fraction of sp³-hybridized carbons (Fsp3) is 0.200. The lowest BCUT2D eigenvalue weighted by molar-refractivity contribution is 0.376. The second-order valence-electron chi connectivity index (χ2n) is 7.67. The van der Waals surface area contributed by atoms with Crippen molar-refractivity contribution in [1.82, 2.24) is 13.9 Å². The van der Waals surface area contributed by atoms with Crippen LogP contribution in [0.4, 0.5) is 0 Å². The summed E-state index contributed by atoms with van der Waals surface area (Å²) in [6, 6.07) is 19.4. The van der Waals surface area contributed by atoms with Crippen LogP contribution in [0.25, 0.3) is 16.6 Å². The van der Waals surface area contributed by atoms with E-state index in [0.29, 0.717) is 28.1 Å². The maximum Gasteiger partial charge on any atom is 0.266 e. The van der Waals surface area contributed by atoms with Gasteiger partial charge in [-0.05, 0) is 55.5 Å². The molecule has 4 rings (SSSR count). The molecule has 1 heterocycles. The first-order valence-corrected chi connectivity index (χ1v) is 12.0. The third-order valence-electron chi connectivity index (χ3n) is 5.78. The van der Waals surface area contributed by atoms with E-state index >= 15 is 0 Å². The highest BCUT2D eigenvalue weighted by Gasteiger charge is 2.30. The molecule has 0 aliphatic carbocycles. The van der Waals surface area contributed by atoms with Crippen LogP contribution in [0.5, 0.6) is 11.5 Å². The molecule has 0 bridgehead atoms. The molecule has 0 spiro atoms. The molecule has 9 heteroatoms. The molecule has 0 aliphatic rings. The van der Waals surface area contributed by atoms with Crippen molar-refractivity contribution in [3.05, 3.63) is 89.0 Å². The fourth-order valence-electron chi connectivity index (χ4n) is 3.76. The predicted molar refractivity (Wildman–Crippen MR) is 130 cm³/mol. The molecule has 3 aromatic carbocycles. The Bertz CT molecular complexity index is 1500. The van der Waals surface area contributed by atoms with Gasteiger partial charge in [-0.2, -0.15) is 4.31 Å². The Morgan fingerprint density at radius 2 is 1.56 bits per heavy atom. The molecule has 1 aromatic heterocycles. The number of para-hydroxylation sites is 3. The van der Waals surface area contributed by atoms with Crippen LogP contribution in [0, 0.1) is 0 Å². The van der Waals surface area contributed by atoms with E-state index in [1.165, 1.54) is 42.3 Å². The molecule has 0 saturated carbocycles. The summed E-state index contributed by atoms with van der Waals surface area (Å²) in [4.78, 5) is 18.5. The second kappa shape index (κ2) is 9.28. The zero-order chi connectivity index (χ0) is 24.5. The Balaban J connectivity index is 1.91. The monoisotopic (exact) mass is 479 g/mol. The molecule has 0 amide bonds. The topological polar surface area (TPSA) is 90.7 Å². The largest absolute Gasteiger partial charge is 0.497 e. The van der Waals surface area contributed by atoms with Gasteiger partial charge in [0, 0.05) is 7.05 Å². The van der Waals surface area contributed by atoms with Gasteiger partial charge in [0.1, 0.15) is 17.3 Å². The predicted octanol–water partition coefficient (Wildman–Crippen LogP) is 3.78. The van der Waals surface area contributed by atoms with Crippen molar-refractivity contribution >= 4 is 20.9 Å². The summed E-state index contributed by atoms with van der Waals surface area (Å²) in [5.74, 6) is 1.29. The number of sulfonamides is 1. The van der Waals surface area contributed by atoms with Gasteiger partial charge in [0.15, 0.2) is 0 Å². The third kappa shape index (κ3) is 4.04. The van der Waals surface area contributed by atoms with Crippen molar-refractivity contribution in [3.8, 4) is 17.2 Å². The average Bonchev–Trinajstić information content (AvgIpc) is 2.87. The maximum atomic E-state index is 13.6. The third-order valence-corrected chi connectivity index (χ3v) is 7.73. The summed E-state index contributed by atoms with van der Waals surface area (Å²) in [6.07, 6.45) is 0. The molecule has 0 N–H and O–H groups in total. The van der Waals surface area contributed by atoms with Crippen LogP contribution in [-0.2, 0) is 10.0 Å². The standard InChI is InChI=1S/C25H25N3O5S/c1-17(27(2)34(30,31)19-15-13-18(32-3)14-16-19)24-26-21-10-6-5-9-20(21)25(29)28(24)22-11-7-8-12-23(22)33-4/h5-17H,1-4H3. The van der Waals surface area contributed by atoms with Crippen molar-refractivity contribution < 1.29 is 17.9 Å². The van der Waals surface area contributed by atoms with Crippen molar-refractivity contribution in [3.63, 3.8) is 0 Å². The molecule has 4 aromatic rings. The van der Waals surface area contributed by atoms with Crippen LogP contribution in [0.2, 0.25) is 0 Å². The van der Waals surface area contributed by atoms with Gasteiger partial charge >= 0.3 is 0 Å². The summed E-state index contributed by atoms with van der Waals surface area (Å²) >= 11 is 0. The van der Waals surface area contributed by atoms with E-state index in [9.17, 15) is 13.2 Å². The van der Waals surface area contributed by atoms with Gasteiger partial charge in [0.05, 0.1) is 41.7 Å². The number of methoxy groups -OCH3 is 2. The fourth-order valence-corrected chi connectivity index (χ4v) is 5.09. The lowest BCUT2D eigenvalue weighted by Crippen LogP contribution is -2.35. The molecule has 176 valence electrons. The summed E-state index contributed by atoms with van der Waals surface area (Å²) in [5, 5.41) is 0.421. The Morgan fingerprint density at radius 3 is 2.24 bits per heavy atom. The van der Waals surface area contributed by atoms with Crippen molar-refractivity contribution in [2.75, 3.05) is 21.3 Å². The highest BCUT2D eigenvalue weighted by molar-refractivity contribution is 7.89. The molecule has 1 unspecified atom stereocenters. The molecular weight excluding hydrogens is 454 g/mol. The van der Waals surface area contributed by atoms with Gasteiger partial charge in [0.2, 0.25) is 10.0 Å². The van der Waals surface area contributed by atoms with Gasteiger partial charge in [-0.25, -0.2) is 13.4 Å². The number of rotatable bonds is 7. The van der Waals surface area contributed by atoms with Crippen LogP contribution in [0.1, 0.15) is 18.8 Å². The van der Waals surface area contributed by atoms with E-state index < -0.39 is 16.1 Å². The first kappa shape index (κ1) is 23.5. The van der Waals surface area contributed by atoms with Crippen LogP contribution in [-0.4, -0.2) is 43.5 Å². The number of hydrogen-bond acceptors (Lipinski definition) is 6. The van der Waals surface area contributed by atoms with Crippen molar-refractivity contribution in [2.24, 2.45) is 0 Å².